The van der Waals surface area contributed by atoms with Crippen LogP contribution in [0.5, 0.6) is 0 Å². The zero-order chi connectivity index (χ0) is 15.7. The quantitative estimate of drug-likeness (QED) is 0.892. The van der Waals surface area contributed by atoms with E-state index in [0.717, 1.165) is 18.4 Å². The molecule has 1 aromatic heterocycles. The molecule has 1 aliphatic rings. The SMILES string of the molecule is Cc1ccc([C@H](O)CNC(=O)C2(c3ccc(F)cc3)CC2)o1. The molecule has 22 heavy (non-hydrogen) atoms. The van der Waals surface area contributed by atoms with E-state index >= 15 is 0 Å². The number of benzene rings is 1. The first-order chi connectivity index (χ1) is 10.5. The fraction of sp³-hybridized carbons (Fsp3) is 0.353. The summed E-state index contributed by atoms with van der Waals surface area (Å²) >= 11 is 0. The lowest BCUT2D eigenvalue weighted by Crippen LogP contribution is -2.37. The van der Waals surface area contributed by atoms with Gasteiger partial charge >= 0.3 is 0 Å². The lowest BCUT2D eigenvalue weighted by Gasteiger charge is -2.17. The molecule has 1 heterocycles. The molecule has 0 radical (unpaired) electrons. The summed E-state index contributed by atoms with van der Waals surface area (Å²) in [6, 6.07) is 9.48. The van der Waals surface area contributed by atoms with E-state index in [4.69, 9.17) is 4.42 Å². The van der Waals surface area contributed by atoms with E-state index in [1.54, 1.807) is 31.2 Å². The van der Waals surface area contributed by atoms with Crippen LogP contribution in [0.4, 0.5) is 4.39 Å². The zero-order valence-electron chi connectivity index (χ0n) is 12.3. The molecule has 0 bridgehead atoms. The van der Waals surface area contributed by atoms with Crippen molar-refractivity contribution in [1.29, 1.82) is 0 Å². The Balaban J connectivity index is 1.63. The van der Waals surface area contributed by atoms with Crippen molar-refractivity contribution in [1.82, 2.24) is 5.32 Å². The second-order valence-corrected chi connectivity index (χ2v) is 5.76. The van der Waals surface area contributed by atoms with Gasteiger partial charge in [0, 0.05) is 0 Å². The van der Waals surface area contributed by atoms with E-state index < -0.39 is 11.5 Å². The van der Waals surface area contributed by atoms with E-state index in [9.17, 15) is 14.3 Å². The summed E-state index contributed by atoms with van der Waals surface area (Å²) in [7, 11) is 0. The van der Waals surface area contributed by atoms with Crippen LogP contribution in [0.25, 0.3) is 0 Å². The van der Waals surface area contributed by atoms with Crippen LogP contribution in [0.15, 0.2) is 40.8 Å². The molecule has 116 valence electrons. The molecule has 2 N–H and O–H groups in total. The summed E-state index contributed by atoms with van der Waals surface area (Å²) in [4.78, 5) is 12.4. The molecule has 1 saturated carbocycles. The number of hydrogen-bond donors (Lipinski definition) is 2. The molecule has 1 aliphatic carbocycles. The average Bonchev–Trinajstić information content (AvgIpc) is 3.21. The van der Waals surface area contributed by atoms with Gasteiger partial charge in [-0.2, -0.15) is 0 Å². The standard InChI is InChI=1S/C17H18FNO3/c1-11-2-7-15(22-11)14(20)10-19-16(21)17(8-9-17)12-3-5-13(18)6-4-12/h2-7,14,20H,8-10H2,1H3,(H,19,21)/t14-/m1/s1. The lowest BCUT2D eigenvalue weighted by molar-refractivity contribution is -0.124. The number of carbonyl (C=O) groups is 1. The van der Waals surface area contributed by atoms with Crippen LogP contribution in [0.3, 0.4) is 0 Å². The number of furan rings is 1. The first kappa shape index (κ1) is 14.8. The van der Waals surface area contributed by atoms with Crippen molar-refractivity contribution in [2.75, 3.05) is 6.54 Å². The Morgan fingerprint density at radius 3 is 2.55 bits per heavy atom. The Labute approximate surface area is 128 Å². The highest BCUT2D eigenvalue weighted by atomic mass is 19.1. The molecule has 1 aromatic carbocycles. The molecule has 4 nitrogen and oxygen atoms in total. The molecule has 0 aliphatic heterocycles. The van der Waals surface area contributed by atoms with Gasteiger partial charge in [-0.15, -0.1) is 0 Å². The molecule has 1 atom stereocenters. The topological polar surface area (TPSA) is 62.5 Å². The minimum Gasteiger partial charge on any atom is -0.464 e. The first-order valence-corrected chi connectivity index (χ1v) is 7.30. The fourth-order valence-corrected chi connectivity index (χ4v) is 2.63. The summed E-state index contributed by atoms with van der Waals surface area (Å²) in [5.41, 5.74) is 0.238. The van der Waals surface area contributed by atoms with Crippen molar-refractivity contribution in [3.05, 3.63) is 59.3 Å². The van der Waals surface area contributed by atoms with E-state index in [2.05, 4.69) is 5.32 Å². The normalized spacial score (nSPS) is 17.0. The van der Waals surface area contributed by atoms with Crippen molar-refractivity contribution < 1.29 is 18.7 Å². The summed E-state index contributed by atoms with van der Waals surface area (Å²) in [6.07, 6.45) is 0.600. The maximum atomic E-state index is 13.0. The van der Waals surface area contributed by atoms with Gasteiger partial charge in [0.1, 0.15) is 23.4 Å². The van der Waals surface area contributed by atoms with E-state index in [1.807, 2.05) is 0 Å². The monoisotopic (exact) mass is 303 g/mol. The summed E-state index contributed by atoms with van der Waals surface area (Å²) in [5, 5.41) is 12.8. The van der Waals surface area contributed by atoms with Crippen LogP contribution in [-0.2, 0) is 10.2 Å². The Bertz CT molecular complexity index is 673. The van der Waals surface area contributed by atoms with E-state index in [-0.39, 0.29) is 18.3 Å². The van der Waals surface area contributed by atoms with Gasteiger partial charge in [0.25, 0.3) is 0 Å². The summed E-state index contributed by atoms with van der Waals surface area (Å²) < 4.78 is 18.3. The summed E-state index contributed by atoms with van der Waals surface area (Å²) in [6.45, 7) is 1.89. The van der Waals surface area contributed by atoms with E-state index in [0.29, 0.717) is 11.5 Å². The average molecular weight is 303 g/mol. The maximum Gasteiger partial charge on any atom is 0.230 e. The zero-order valence-corrected chi connectivity index (χ0v) is 12.3. The van der Waals surface area contributed by atoms with Gasteiger partial charge in [-0.3, -0.25) is 4.79 Å². The van der Waals surface area contributed by atoms with Crippen LogP contribution in [0, 0.1) is 12.7 Å². The van der Waals surface area contributed by atoms with E-state index in [1.165, 1.54) is 12.1 Å². The highest BCUT2D eigenvalue weighted by Gasteiger charge is 2.51. The van der Waals surface area contributed by atoms with Gasteiger partial charge in [0.05, 0.1) is 12.0 Å². The number of rotatable bonds is 5. The van der Waals surface area contributed by atoms with Gasteiger partial charge in [-0.25, -0.2) is 4.39 Å². The third kappa shape index (κ3) is 2.76. The van der Waals surface area contributed by atoms with Crippen molar-refractivity contribution >= 4 is 5.91 Å². The third-order valence-electron chi connectivity index (χ3n) is 4.13. The Hall–Kier alpha value is -2.14. The number of aliphatic hydroxyl groups excluding tert-OH is 1. The number of hydrogen-bond acceptors (Lipinski definition) is 3. The predicted octanol–water partition coefficient (Wildman–Crippen LogP) is 2.61. The van der Waals surface area contributed by atoms with Gasteiger partial charge in [0.2, 0.25) is 5.91 Å². The smallest absolute Gasteiger partial charge is 0.230 e. The van der Waals surface area contributed by atoms with Gasteiger partial charge in [0.15, 0.2) is 0 Å². The molecule has 5 heteroatoms. The third-order valence-corrected chi connectivity index (χ3v) is 4.13. The lowest BCUT2D eigenvalue weighted by atomic mass is 9.95. The number of nitrogens with one attached hydrogen (secondary N) is 1. The van der Waals surface area contributed by atoms with Crippen molar-refractivity contribution in [3.63, 3.8) is 0 Å². The largest absolute Gasteiger partial charge is 0.464 e. The number of amides is 1. The molecule has 0 saturated heterocycles. The number of carbonyl (C=O) groups excluding carboxylic acids is 1. The molecule has 2 aromatic rings. The van der Waals surface area contributed by atoms with Crippen LogP contribution in [0.1, 0.15) is 36.0 Å². The molecule has 3 rings (SSSR count). The van der Waals surface area contributed by atoms with Crippen molar-refractivity contribution in [2.45, 2.75) is 31.3 Å². The Morgan fingerprint density at radius 2 is 2.00 bits per heavy atom. The predicted molar refractivity (Wildman–Crippen MR) is 78.7 cm³/mol. The second kappa shape index (κ2) is 5.57. The van der Waals surface area contributed by atoms with Gasteiger partial charge < -0.3 is 14.8 Å². The minimum absolute atomic E-state index is 0.0920. The molecular formula is C17H18FNO3. The second-order valence-electron chi connectivity index (χ2n) is 5.76. The number of halogens is 1. The number of aliphatic hydroxyl groups is 1. The van der Waals surface area contributed by atoms with Crippen molar-refractivity contribution in [2.24, 2.45) is 0 Å². The van der Waals surface area contributed by atoms with Crippen molar-refractivity contribution in [3.8, 4) is 0 Å². The maximum absolute atomic E-state index is 13.0. The molecule has 0 unspecified atom stereocenters. The van der Waals surface area contributed by atoms with Crippen LogP contribution in [-0.4, -0.2) is 17.6 Å². The fourth-order valence-electron chi connectivity index (χ4n) is 2.63. The van der Waals surface area contributed by atoms with Crippen LogP contribution >= 0.6 is 0 Å². The first-order valence-electron chi connectivity index (χ1n) is 7.30. The minimum atomic E-state index is -0.873. The molecule has 1 fully saturated rings. The number of aryl methyl sites for hydroxylation is 1. The van der Waals surface area contributed by atoms with Gasteiger partial charge in [-0.1, -0.05) is 12.1 Å². The summed E-state index contributed by atoms with van der Waals surface area (Å²) in [5.74, 6) is 0.694. The van der Waals surface area contributed by atoms with Crippen LogP contribution in [0.2, 0.25) is 0 Å². The highest BCUT2D eigenvalue weighted by molar-refractivity contribution is 5.91. The Morgan fingerprint density at radius 1 is 1.32 bits per heavy atom. The molecule has 1 amide bonds. The van der Waals surface area contributed by atoms with Crippen LogP contribution < -0.4 is 5.32 Å². The highest BCUT2D eigenvalue weighted by Crippen LogP contribution is 2.48. The molecule has 0 spiro atoms. The van der Waals surface area contributed by atoms with Gasteiger partial charge in [-0.05, 0) is 49.6 Å². The Kier molecular flexibility index (Phi) is 3.74. The molecular weight excluding hydrogens is 285 g/mol.